The molecule has 1 N–H and O–H groups in total. The topological polar surface area (TPSA) is 75.7 Å². The molecule has 1 saturated heterocycles. The second kappa shape index (κ2) is 9.01. The minimum Gasteiger partial charge on any atom is -0.427 e. The van der Waals surface area contributed by atoms with Crippen molar-refractivity contribution < 1.29 is 19.1 Å². The summed E-state index contributed by atoms with van der Waals surface area (Å²) in [6.45, 7) is 2.44. The Morgan fingerprint density at radius 2 is 1.71 bits per heavy atom. The monoisotopic (exact) mass is 444 g/mol. The van der Waals surface area contributed by atoms with Crippen molar-refractivity contribution in [3.05, 3.63) is 64.1 Å². The number of likely N-dealkylation sites (tertiary alicyclic amines) is 1. The Morgan fingerprint density at radius 1 is 1.04 bits per heavy atom. The third-order valence-corrected chi connectivity index (χ3v) is 5.10. The Kier molecular flexibility index (Phi) is 6.46. The smallest absolute Gasteiger partial charge is 0.308 e. The number of carbonyl (C=O) groups excluding carboxylic acids is 3. The average Bonchev–Trinajstić information content (AvgIpc) is 2.68. The van der Waals surface area contributed by atoms with Gasteiger partial charge in [-0.1, -0.05) is 22.0 Å². The number of halogens is 1. The predicted octanol–water partition coefficient (Wildman–Crippen LogP) is 3.41. The number of piperidine rings is 1. The van der Waals surface area contributed by atoms with Gasteiger partial charge in [0.15, 0.2) is 0 Å². The molecule has 2 aromatic carbocycles. The van der Waals surface area contributed by atoms with Gasteiger partial charge in [-0.05, 0) is 55.3 Å². The molecule has 0 unspecified atom stereocenters. The van der Waals surface area contributed by atoms with E-state index in [4.69, 9.17) is 4.74 Å². The van der Waals surface area contributed by atoms with E-state index < -0.39 is 5.97 Å². The number of esters is 1. The van der Waals surface area contributed by atoms with Crippen molar-refractivity contribution >= 4 is 33.7 Å². The van der Waals surface area contributed by atoms with Gasteiger partial charge in [-0.2, -0.15) is 0 Å². The van der Waals surface area contributed by atoms with Crippen LogP contribution in [-0.2, 0) is 4.79 Å². The van der Waals surface area contributed by atoms with Crippen LogP contribution in [0.15, 0.2) is 53.0 Å². The summed E-state index contributed by atoms with van der Waals surface area (Å²) in [4.78, 5) is 37.9. The predicted molar refractivity (Wildman–Crippen MR) is 108 cm³/mol. The standard InChI is InChI=1S/C21H21BrN2O4/c1-14(25)28-19-4-2-3-16(13-19)21(27)24-11-9-18(10-12-24)23-20(26)15-5-7-17(22)8-6-15/h2-8,13,18H,9-12H2,1H3,(H,23,26). The maximum absolute atomic E-state index is 12.7. The Bertz CT molecular complexity index is 874. The van der Waals surface area contributed by atoms with Crippen molar-refractivity contribution in [3.8, 4) is 5.75 Å². The van der Waals surface area contributed by atoms with Crippen LogP contribution in [0.25, 0.3) is 0 Å². The van der Waals surface area contributed by atoms with Crippen LogP contribution in [0, 0.1) is 0 Å². The fourth-order valence-corrected chi connectivity index (χ4v) is 3.40. The highest BCUT2D eigenvalue weighted by molar-refractivity contribution is 9.10. The molecule has 0 spiro atoms. The number of carbonyl (C=O) groups is 3. The molecule has 1 fully saturated rings. The first-order chi connectivity index (χ1) is 13.4. The van der Waals surface area contributed by atoms with E-state index in [1.54, 1.807) is 41.3 Å². The van der Waals surface area contributed by atoms with Crippen LogP contribution >= 0.6 is 15.9 Å². The van der Waals surface area contributed by atoms with Gasteiger partial charge in [0.1, 0.15) is 5.75 Å². The van der Waals surface area contributed by atoms with Gasteiger partial charge in [-0.3, -0.25) is 14.4 Å². The molecule has 0 saturated carbocycles. The molecule has 3 rings (SSSR count). The summed E-state index contributed by atoms with van der Waals surface area (Å²) in [7, 11) is 0. The summed E-state index contributed by atoms with van der Waals surface area (Å²) in [5, 5.41) is 3.03. The van der Waals surface area contributed by atoms with Crippen LogP contribution in [0.3, 0.4) is 0 Å². The lowest BCUT2D eigenvalue weighted by Gasteiger charge is -2.32. The van der Waals surface area contributed by atoms with Crippen molar-refractivity contribution in [1.29, 1.82) is 0 Å². The number of benzene rings is 2. The molecular formula is C21H21BrN2O4. The zero-order valence-electron chi connectivity index (χ0n) is 15.5. The van der Waals surface area contributed by atoms with E-state index in [2.05, 4.69) is 21.2 Å². The molecule has 2 aromatic rings. The highest BCUT2D eigenvalue weighted by Crippen LogP contribution is 2.19. The van der Waals surface area contributed by atoms with E-state index in [0.29, 0.717) is 42.8 Å². The molecule has 0 radical (unpaired) electrons. The molecule has 1 aliphatic heterocycles. The summed E-state index contributed by atoms with van der Waals surface area (Å²) < 4.78 is 5.97. The molecule has 0 aromatic heterocycles. The Hall–Kier alpha value is -2.67. The van der Waals surface area contributed by atoms with Gasteiger partial charge in [0.25, 0.3) is 11.8 Å². The molecule has 146 valence electrons. The number of nitrogens with one attached hydrogen (secondary N) is 1. The van der Waals surface area contributed by atoms with Crippen LogP contribution in [0.2, 0.25) is 0 Å². The number of nitrogens with zero attached hydrogens (tertiary/aromatic N) is 1. The molecular weight excluding hydrogens is 424 g/mol. The molecule has 0 bridgehead atoms. The van der Waals surface area contributed by atoms with Gasteiger partial charge in [0.05, 0.1) is 0 Å². The third kappa shape index (κ3) is 5.19. The van der Waals surface area contributed by atoms with Crippen molar-refractivity contribution in [3.63, 3.8) is 0 Å². The van der Waals surface area contributed by atoms with E-state index in [1.807, 2.05) is 12.1 Å². The van der Waals surface area contributed by atoms with Crippen LogP contribution in [-0.4, -0.2) is 41.8 Å². The quantitative estimate of drug-likeness (QED) is 0.578. The average molecular weight is 445 g/mol. The molecule has 6 nitrogen and oxygen atoms in total. The Balaban J connectivity index is 1.54. The maximum atomic E-state index is 12.7. The largest absolute Gasteiger partial charge is 0.427 e. The van der Waals surface area contributed by atoms with Gasteiger partial charge < -0.3 is 15.0 Å². The minimum atomic E-state index is -0.424. The van der Waals surface area contributed by atoms with Gasteiger partial charge in [0, 0.05) is 41.7 Å². The van der Waals surface area contributed by atoms with Crippen LogP contribution in [0.4, 0.5) is 0 Å². The number of hydrogen-bond donors (Lipinski definition) is 1. The first kappa shape index (κ1) is 20.1. The number of hydrogen-bond acceptors (Lipinski definition) is 4. The fraction of sp³-hybridized carbons (Fsp3) is 0.286. The highest BCUT2D eigenvalue weighted by Gasteiger charge is 2.25. The molecule has 1 aliphatic rings. The SMILES string of the molecule is CC(=O)Oc1cccc(C(=O)N2CCC(NC(=O)c3ccc(Br)cc3)CC2)c1. The zero-order valence-corrected chi connectivity index (χ0v) is 17.1. The van der Waals surface area contributed by atoms with Crippen molar-refractivity contribution in [1.82, 2.24) is 10.2 Å². The third-order valence-electron chi connectivity index (χ3n) is 4.57. The first-order valence-electron chi connectivity index (χ1n) is 9.06. The second-order valence-corrected chi connectivity index (χ2v) is 7.58. The highest BCUT2D eigenvalue weighted by atomic mass is 79.9. The van der Waals surface area contributed by atoms with Gasteiger partial charge >= 0.3 is 5.97 Å². The first-order valence-corrected chi connectivity index (χ1v) is 9.86. The van der Waals surface area contributed by atoms with E-state index in [0.717, 1.165) is 4.47 Å². The number of rotatable bonds is 4. The lowest BCUT2D eigenvalue weighted by molar-refractivity contribution is -0.131. The van der Waals surface area contributed by atoms with Crippen LogP contribution < -0.4 is 10.1 Å². The van der Waals surface area contributed by atoms with Crippen molar-refractivity contribution in [2.24, 2.45) is 0 Å². The van der Waals surface area contributed by atoms with E-state index in [9.17, 15) is 14.4 Å². The Labute approximate surface area is 172 Å². The fourth-order valence-electron chi connectivity index (χ4n) is 3.14. The summed E-state index contributed by atoms with van der Waals surface area (Å²) >= 11 is 3.35. The summed E-state index contributed by atoms with van der Waals surface area (Å²) in [6.07, 6.45) is 1.38. The summed E-state index contributed by atoms with van der Waals surface area (Å²) in [6, 6.07) is 13.9. The summed E-state index contributed by atoms with van der Waals surface area (Å²) in [5.74, 6) is -0.278. The summed E-state index contributed by atoms with van der Waals surface area (Å²) in [5.41, 5.74) is 1.10. The van der Waals surface area contributed by atoms with Crippen LogP contribution in [0.5, 0.6) is 5.75 Å². The maximum Gasteiger partial charge on any atom is 0.308 e. The van der Waals surface area contributed by atoms with Crippen molar-refractivity contribution in [2.45, 2.75) is 25.8 Å². The molecule has 7 heteroatoms. The van der Waals surface area contributed by atoms with Gasteiger partial charge in [0.2, 0.25) is 0 Å². The van der Waals surface area contributed by atoms with Gasteiger partial charge in [-0.15, -0.1) is 0 Å². The lowest BCUT2D eigenvalue weighted by Crippen LogP contribution is -2.46. The van der Waals surface area contributed by atoms with Crippen molar-refractivity contribution in [2.75, 3.05) is 13.1 Å². The normalized spacial score (nSPS) is 14.4. The van der Waals surface area contributed by atoms with E-state index in [1.165, 1.54) is 6.92 Å². The van der Waals surface area contributed by atoms with Gasteiger partial charge in [-0.25, -0.2) is 0 Å². The minimum absolute atomic E-state index is 0.0348. The molecule has 0 atom stereocenters. The second-order valence-electron chi connectivity index (χ2n) is 6.67. The molecule has 1 heterocycles. The molecule has 0 aliphatic carbocycles. The molecule has 28 heavy (non-hydrogen) atoms. The lowest BCUT2D eigenvalue weighted by atomic mass is 10.0. The van der Waals surface area contributed by atoms with E-state index in [-0.39, 0.29) is 17.9 Å². The number of ether oxygens (including phenoxy) is 1. The van der Waals surface area contributed by atoms with E-state index >= 15 is 0 Å². The number of amides is 2. The Morgan fingerprint density at radius 3 is 2.36 bits per heavy atom. The molecule has 2 amide bonds. The van der Waals surface area contributed by atoms with Crippen LogP contribution in [0.1, 0.15) is 40.5 Å². The zero-order chi connectivity index (χ0) is 20.1.